The summed E-state index contributed by atoms with van der Waals surface area (Å²) in [6.45, 7) is 1.87. The van der Waals surface area contributed by atoms with Gasteiger partial charge in [0.1, 0.15) is 11.9 Å². The van der Waals surface area contributed by atoms with Crippen LogP contribution in [0.25, 0.3) is 0 Å². The molecule has 2 spiro atoms. The van der Waals surface area contributed by atoms with Crippen LogP contribution >= 0.6 is 0 Å². The number of amides is 2. The first-order valence-electron chi connectivity index (χ1n) is 10.3. The Labute approximate surface area is 183 Å². The van der Waals surface area contributed by atoms with Gasteiger partial charge in [-0.25, -0.2) is 17.9 Å². The molecule has 32 heavy (non-hydrogen) atoms. The number of carbonyl (C=O) groups is 1. The zero-order chi connectivity index (χ0) is 22.9. The average Bonchev–Trinajstić information content (AvgIpc) is 2.96. The molecule has 0 unspecified atom stereocenters. The Morgan fingerprint density at radius 3 is 2.41 bits per heavy atom. The Morgan fingerprint density at radius 1 is 1.19 bits per heavy atom. The zero-order valence-electron chi connectivity index (χ0n) is 17.0. The van der Waals surface area contributed by atoms with Gasteiger partial charge in [0, 0.05) is 31.6 Å². The molecule has 1 aromatic carbocycles. The van der Waals surface area contributed by atoms with Crippen LogP contribution in [0.5, 0.6) is 5.75 Å². The maximum Gasteiger partial charge on any atom is 0.417 e. The van der Waals surface area contributed by atoms with Crippen molar-refractivity contribution in [2.24, 2.45) is 5.41 Å². The van der Waals surface area contributed by atoms with Gasteiger partial charge in [0.15, 0.2) is 0 Å². The number of hydrogen-bond donors (Lipinski definition) is 1. The first-order chi connectivity index (χ1) is 14.9. The van der Waals surface area contributed by atoms with Crippen LogP contribution in [0, 0.1) is 16.7 Å². The van der Waals surface area contributed by atoms with Gasteiger partial charge in [0.25, 0.3) is 0 Å². The summed E-state index contributed by atoms with van der Waals surface area (Å²) >= 11 is 0. The summed E-state index contributed by atoms with van der Waals surface area (Å²) in [5.41, 5.74) is -2.04. The molecule has 1 saturated carbocycles. The second-order valence-electron chi connectivity index (χ2n) is 9.41. The number of nitrogens with zero attached hydrogens (tertiary/aromatic N) is 3. The highest BCUT2D eigenvalue weighted by molar-refractivity contribution is 7.89. The topological polar surface area (TPSA) is 103 Å². The van der Waals surface area contributed by atoms with E-state index in [0.717, 1.165) is 12.1 Å². The van der Waals surface area contributed by atoms with E-state index in [9.17, 15) is 26.4 Å². The quantitative estimate of drug-likeness (QED) is 0.712. The fourth-order valence-electron chi connectivity index (χ4n) is 5.27. The Balaban J connectivity index is 1.11. The van der Waals surface area contributed by atoms with Crippen molar-refractivity contribution in [2.75, 3.05) is 31.9 Å². The lowest BCUT2D eigenvalue weighted by molar-refractivity contribution is -0.138. The van der Waals surface area contributed by atoms with E-state index < -0.39 is 32.9 Å². The molecule has 1 aliphatic carbocycles. The minimum absolute atomic E-state index is 0.0721. The molecule has 12 heteroatoms. The normalized spacial score (nSPS) is 25.1. The van der Waals surface area contributed by atoms with E-state index in [1.54, 1.807) is 15.9 Å². The zero-order valence-corrected chi connectivity index (χ0v) is 17.8. The van der Waals surface area contributed by atoms with Crippen molar-refractivity contribution in [1.82, 2.24) is 14.5 Å². The van der Waals surface area contributed by atoms with Crippen molar-refractivity contribution in [3.8, 4) is 11.8 Å². The summed E-state index contributed by atoms with van der Waals surface area (Å²) in [6.07, 6.45) is -3.08. The molecule has 3 saturated heterocycles. The average molecular weight is 470 g/mol. The molecule has 4 aliphatic rings. The lowest BCUT2D eigenvalue weighted by Crippen LogP contribution is -2.74. The molecule has 1 aromatic rings. The summed E-state index contributed by atoms with van der Waals surface area (Å²) in [5.74, 6) is 0.167. The van der Waals surface area contributed by atoms with Gasteiger partial charge in [-0.05, 0) is 37.5 Å². The van der Waals surface area contributed by atoms with Crippen LogP contribution in [0.3, 0.4) is 0 Å². The molecule has 3 aliphatic heterocycles. The van der Waals surface area contributed by atoms with E-state index in [2.05, 4.69) is 4.72 Å². The Kier molecular flexibility index (Phi) is 4.49. The van der Waals surface area contributed by atoms with Crippen molar-refractivity contribution in [1.29, 1.82) is 5.26 Å². The molecule has 8 nitrogen and oxygen atoms in total. The van der Waals surface area contributed by atoms with Gasteiger partial charge in [-0.3, -0.25) is 0 Å². The van der Waals surface area contributed by atoms with Gasteiger partial charge in [-0.15, -0.1) is 0 Å². The number of nitrogens with one attached hydrogen (secondary N) is 1. The Bertz CT molecular complexity index is 1110. The second-order valence-corrected chi connectivity index (χ2v) is 11.3. The first-order valence-corrected chi connectivity index (χ1v) is 11.9. The standard InChI is InChI=1S/C20H21F3N4O4S/c21-20(22,23)16-5-14(2-1-13(16)8-24)31-15-6-18(7-15)9-26(10-18)17(28)27-11-19(12-27)3-4-32(29,30)25-19/h1-2,5,15,25H,3-4,6-7,9-12H2. The van der Waals surface area contributed by atoms with Gasteiger partial charge >= 0.3 is 12.2 Å². The summed E-state index contributed by atoms with van der Waals surface area (Å²) < 4.78 is 70.9. The minimum atomic E-state index is -4.63. The van der Waals surface area contributed by atoms with E-state index in [1.165, 1.54) is 6.07 Å². The highest BCUT2D eigenvalue weighted by Crippen LogP contribution is 2.50. The number of likely N-dealkylation sites (tertiary alicyclic amines) is 2. The van der Waals surface area contributed by atoms with Crippen molar-refractivity contribution in [2.45, 2.75) is 37.1 Å². The highest BCUT2D eigenvalue weighted by atomic mass is 32.2. The summed E-state index contributed by atoms with van der Waals surface area (Å²) in [4.78, 5) is 16.0. The molecule has 1 N–H and O–H groups in total. The number of ether oxygens (including phenoxy) is 1. The monoisotopic (exact) mass is 470 g/mol. The Morgan fingerprint density at radius 2 is 1.84 bits per heavy atom. The van der Waals surface area contributed by atoms with Crippen LogP contribution in [-0.2, 0) is 16.2 Å². The van der Waals surface area contributed by atoms with Gasteiger partial charge in [-0.2, -0.15) is 18.4 Å². The largest absolute Gasteiger partial charge is 0.490 e. The molecule has 0 aromatic heterocycles. The summed E-state index contributed by atoms with van der Waals surface area (Å²) in [7, 11) is -3.23. The number of benzene rings is 1. The predicted octanol–water partition coefficient (Wildman–Crippen LogP) is 1.92. The predicted molar refractivity (Wildman–Crippen MR) is 105 cm³/mol. The van der Waals surface area contributed by atoms with Gasteiger partial charge < -0.3 is 14.5 Å². The molecule has 3 heterocycles. The van der Waals surface area contributed by atoms with Crippen molar-refractivity contribution < 1.29 is 31.1 Å². The van der Waals surface area contributed by atoms with E-state index in [4.69, 9.17) is 10.00 Å². The molecule has 2 amide bonds. The number of halogens is 3. The summed E-state index contributed by atoms with van der Waals surface area (Å²) in [6, 6.07) is 4.77. The SMILES string of the molecule is N#Cc1ccc(OC2CC3(C2)CN(C(=O)N2CC4(CCS(=O)(=O)N4)C2)C3)cc1C(F)(F)F. The van der Waals surface area contributed by atoms with Gasteiger partial charge in [0.2, 0.25) is 10.0 Å². The number of alkyl halides is 3. The lowest BCUT2D eigenvalue weighted by atomic mass is 9.62. The molecule has 172 valence electrons. The van der Waals surface area contributed by atoms with E-state index in [1.807, 2.05) is 0 Å². The van der Waals surface area contributed by atoms with Crippen molar-refractivity contribution in [3.63, 3.8) is 0 Å². The Hall–Kier alpha value is -2.52. The van der Waals surface area contributed by atoms with Crippen LogP contribution in [-0.4, -0.2) is 67.8 Å². The third-order valence-electron chi connectivity index (χ3n) is 6.84. The molecule has 0 bridgehead atoms. The van der Waals surface area contributed by atoms with Crippen LogP contribution < -0.4 is 9.46 Å². The number of carbonyl (C=O) groups excluding carboxylic acids is 1. The maximum atomic E-state index is 13.1. The third-order valence-corrected chi connectivity index (χ3v) is 8.33. The van der Waals surface area contributed by atoms with Crippen molar-refractivity contribution >= 4 is 16.1 Å². The third kappa shape index (κ3) is 3.57. The molecule has 0 radical (unpaired) electrons. The number of hydrogen-bond acceptors (Lipinski definition) is 5. The number of rotatable bonds is 2. The molecule has 4 fully saturated rings. The molecule has 0 atom stereocenters. The van der Waals surface area contributed by atoms with E-state index >= 15 is 0 Å². The van der Waals surface area contributed by atoms with Crippen LogP contribution in [0.4, 0.5) is 18.0 Å². The molecule has 5 rings (SSSR count). The van der Waals surface area contributed by atoms with Crippen LogP contribution in [0.15, 0.2) is 18.2 Å². The fraction of sp³-hybridized carbons (Fsp3) is 0.600. The minimum Gasteiger partial charge on any atom is -0.490 e. The van der Waals surface area contributed by atoms with E-state index in [0.29, 0.717) is 45.4 Å². The van der Waals surface area contributed by atoms with Gasteiger partial charge in [0.05, 0.1) is 28.5 Å². The fourth-order valence-corrected chi connectivity index (χ4v) is 6.92. The number of urea groups is 1. The molecular weight excluding hydrogens is 449 g/mol. The first kappa shape index (κ1) is 21.3. The number of nitriles is 1. The van der Waals surface area contributed by atoms with Gasteiger partial charge in [-0.1, -0.05) is 0 Å². The van der Waals surface area contributed by atoms with E-state index in [-0.39, 0.29) is 29.1 Å². The second kappa shape index (κ2) is 6.74. The van der Waals surface area contributed by atoms with Crippen molar-refractivity contribution in [3.05, 3.63) is 29.3 Å². The number of sulfonamides is 1. The van der Waals surface area contributed by atoms with Crippen LogP contribution in [0.2, 0.25) is 0 Å². The maximum absolute atomic E-state index is 13.1. The van der Waals surface area contributed by atoms with Crippen LogP contribution in [0.1, 0.15) is 30.4 Å². The highest BCUT2D eigenvalue weighted by Gasteiger charge is 2.58. The smallest absolute Gasteiger partial charge is 0.417 e. The lowest BCUT2D eigenvalue weighted by Gasteiger charge is -2.60. The summed E-state index contributed by atoms with van der Waals surface area (Å²) in [5, 5.41) is 8.88. The molecular formula is C20H21F3N4O4S.